The summed E-state index contributed by atoms with van der Waals surface area (Å²) in [6, 6.07) is 8.13. The molecule has 2 N–H and O–H groups in total. The zero-order valence-corrected chi connectivity index (χ0v) is 15.5. The van der Waals surface area contributed by atoms with Crippen molar-refractivity contribution in [2.24, 2.45) is 0 Å². The molecule has 1 atom stereocenters. The smallest absolute Gasteiger partial charge is 0.251 e. The van der Waals surface area contributed by atoms with E-state index in [1.807, 2.05) is 25.1 Å². The third-order valence-electron chi connectivity index (χ3n) is 4.91. The van der Waals surface area contributed by atoms with Gasteiger partial charge in [0.15, 0.2) is 0 Å². The zero-order chi connectivity index (χ0) is 18.1. The molecule has 1 aliphatic rings. The number of piperidine rings is 1. The van der Waals surface area contributed by atoms with Crippen LogP contribution < -0.4 is 10.6 Å². The van der Waals surface area contributed by atoms with Crippen molar-refractivity contribution in [1.82, 2.24) is 15.5 Å². The van der Waals surface area contributed by atoms with Gasteiger partial charge in [-0.2, -0.15) is 0 Å². The van der Waals surface area contributed by atoms with E-state index in [4.69, 9.17) is 0 Å². The maximum atomic E-state index is 12.1. The standard InChI is InChI=1S/C20H31N3O2/c1-16-8-3-4-10-18(16)20(25)22-13-11-19(24)21-12-7-15-23-14-6-5-9-17(23)2/h3-4,8,10,17H,5-7,9,11-15H2,1-2H3,(H,21,24)(H,22,25)/t17-/m0/s1. The van der Waals surface area contributed by atoms with Gasteiger partial charge in [-0.05, 0) is 51.3 Å². The van der Waals surface area contributed by atoms with Crippen molar-refractivity contribution in [2.75, 3.05) is 26.2 Å². The van der Waals surface area contributed by atoms with Crippen LogP contribution in [-0.2, 0) is 4.79 Å². The summed E-state index contributed by atoms with van der Waals surface area (Å²) >= 11 is 0. The first-order chi connectivity index (χ1) is 12.1. The van der Waals surface area contributed by atoms with Crippen molar-refractivity contribution in [3.05, 3.63) is 35.4 Å². The average molecular weight is 345 g/mol. The van der Waals surface area contributed by atoms with Crippen molar-refractivity contribution in [3.8, 4) is 0 Å². The number of nitrogens with zero attached hydrogens (tertiary/aromatic N) is 1. The molecule has 1 heterocycles. The van der Waals surface area contributed by atoms with Gasteiger partial charge in [-0.3, -0.25) is 9.59 Å². The predicted octanol–water partition coefficient (Wildman–Crippen LogP) is 2.50. The Morgan fingerprint density at radius 1 is 1.16 bits per heavy atom. The Kier molecular flexibility index (Phi) is 7.92. The van der Waals surface area contributed by atoms with Crippen molar-refractivity contribution in [2.45, 2.75) is 52.0 Å². The first kappa shape index (κ1) is 19.4. The SMILES string of the molecule is Cc1ccccc1C(=O)NCCC(=O)NCCCN1CCCC[C@@H]1C. The normalized spacial score (nSPS) is 17.9. The van der Waals surface area contributed by atoms with Crippen molar-refractivity contribution >= 4 is 11.8 Å². The number of carbonyl (C=O) groups excluding carboxylic acids is 2. The number of carbonyl (C=O) groups is 2. The molecule has 0 bridgehead atoms. The Bertz CT molecular complexity index is 574. The topological polar surface area (TPSA) is 61.4 Å². The monoisotopic (exact) mass is 345 g/mol. The first-order valence-corrected chi connectivity index (χ1v) is 9.42. The van der Waals surface area contributed by atoms with Crippen LogP contribution in [0, 0.1) is 6.92 Å². The second-order valence-corrected chi connectivity index (χ2v) is 6.91. The van der Waals surface area contributed by atoms with Gasteiger partial charge in [0, 0.05) is 37.7 Å². The van der Waals surface area contributed by atoms with Crippen LogP contribution in [0.25, 0.3) is 0 Å². The molecule has 2 rings (SSSR count). The van der Waals surface area contributed by atoms with Crippen molar-refractivity contribution in [1.29, 1.82) is 0 Å². The van der Waals surface area contributed by atoms with Crippen LogP contribution in [0.1, 0.15) is 54.9 Å². The van der Waals surface area contributed by atoms with Crippen LogP contribution in [0.2, 0.25) is 0 Å². The van der Waals surface area contributed by atoms with Gasteiger partial charge < -0.3 is 15.5 Å². The molecule has 0 unspecified atom stereocenters. The minimum atomic E-state index is -0.120. The molecule has 138 valence electrons. The van der Waals surface area contributed by atoms with E-state index in [9.17, 15) is 9.59 Å². The second kappa shape index (κ2) is 10.2. The first-order valence-electron chi connectivity index (χ1n) is 9.42. The molecule has 2 amide bonds. The molecular weight excluding hydrogens is 314 g/mol. The van der Waals surface area contributed by atoms with Crippen LogP contribution in [0.4, 0.5) is 0 Å². The lowest BCUT2D eigenvalue weighted by Crippen LogP contribution is -2.39. The highest BCUT2D eigenvalue weighted by molar-refractivity contribution is 5.95. The summed E-state index contributed by atoms with van der Waals surface area (Å²) in [5.41, 5.74) is 1.61. The van der Waals surface area contributed by atoms with E-state index in [1.165, 1.54) is 25.8 Å². The highest BCUT2D eigenvalue weighted by Gasteiger charge is 2.17. The largest absolute Gasteiger partial charge is 0.356 e. The summed E-state index contributed by atoms with van der Waals surface area (Å²) in [6.45, 7) is 7.49. The van der Waals surface area contributed by atoms with Gasteiger partial charge >= 0.3 is 0 Å². The van der Waals surface area contributed by atoms with Crippen molar-refractivity contribution < 1.29 is 9.59 Å². The molecule has 25 heavy (non-hydrogen) atoms. The lowest BCUT2D eigenvalue weighted by atomic mass is 10.0. The lowest BCUT2D eigenvalue weighted by molar-refractivity contribution is -0.120. The molecule has 0 aliphatic carbocycles. The van der Waals surface area contributed by atoms with Crippen LogP contribution in [0.3, 0.4) is 0 Å². The highest BCUT2D eigenvalue weighted by Crippen LogP contribution is 2.16. The number of benzene rings is 1. The third kappa shape index (κ3) is 6.50. The molecule has 1 aromatic rings. The molecule has 5 nitrogen and oxygen atoms in total. The zero-order valence-electron chi connectivity index (χ0n) is 15.5. The minimum absolute atomic E-state index is 0.00298. The third-order valence-corrected chi connectivity index (χ3v) is 4.91. The molecule has 0 spiro atoms. The summed E-state index contributed by atoms with van der Waals surface area (Å²) in [7, 11) is 0. The van der Waals surface area contributed by atoms with Gasteiger partial charge in [0.25, 0.3) is 5.91 Å². The number of nitrogens with one attached hydrogen (secondary N) is 2. The Hall–Kier alpha value is -1.88. The van der Waals surface area contributed by atoms with E-state index in [-0.39, 0.29) is 11.8 Å². The van der Waals surface area contributed by atoms with Gasteiger partial charge in [0.2, 0.25) is 5.91 Å². The summed E-state index contributed by atoms with van der Waals surface area (Å²) < 4.78 is 0. The van der Waals surface area contributed by atoms with Crippen LogP contribution in [0.15, 0.2) is 24.3 Å². The van der Waals surface area contributed by atoms with Crippen LogP contribution in [-0.4, -0.2) is 48.9 Å². The molecule has 1 fully saturated rings. The molecule has 1 aromatic carbocycles. The summed E-state index contributed by atoms with van der Waals surface area (Å²) in [4.78, 5) is 26.4. The van der Waals surface area contributed by atoms with E-state index in [1.54, 1.807) is 6.07 Å². The van der Waals surface area contributed by atoms with E-state index in [2.05, 4.69) is 22.5 Å². The Balaban J connectivity index is 1.56. The molecule has 1 aliphatic heterocycles. The van der Waals surface area contributed by atoms with Gasteiger partial charge in [-0.15, -0.1) is 0 Å². The number of amides is 2. The van der Waals surface area contributed by atoms with E-state index in [0.717, 1.165) is 18.5 Å². The van der Waals surface area contributed by atoms with Crippen LogP contribution >= 0.6 is 0 Å². The minimum Gasteiger partial charge on any atom is -0.356 e. The quantitative estimate of drug-likeness (QED) is 0.712. The fourth-order valence-electron chi connectivity index (χ4n) is 3.30. The molecule has 1 saturated heterocycles. The maximum absolute atomic E-state index is 12.1. The second-order valence-electron chi connectivity index (χ2n) is 6.91. The molecule has 5 heteroatoms. The van der Waals surface area contributed by atoms with E-state index in [0.29, 0.717) is 31.1 Å². The highest BCUT2D eigenvalue weighted by atomic mass is 16.2. The van der Waals surface area contributed by atoms with Crippen LogP contribution in [0.5, 0.6) is 0 Å². The fourth-order valence-corrected chi connectivity index (χ4v) is 3.30. The number of hydrogen-bond donors (Lipinski definition) is 2. The predicted molar refractivity (Wildman–Crippen MR) is 101 cm³/mol. The number of aryl methyl sites for hydroxylation is 1. The Labute approximate surface area is 151 Å². The number of rotatable bonds is 8. The van der Waals surface area contributed by atoms with Gasteiger partial charge in [-0.1, -0.05) is 24.6 Å². The molecule has 0 saturated carbocycles. The summed E-state index contributed by atoms with van der Waals surface area (Å²) in [5.74, 6) is -0.123. The Morgan fingerprint density at radius 2 is 1.96 bits per heavy atom. The fraction of sp³-hybridized carbons (Fsp3) is 0.600. The molecular formula is C20H31N3O2. The summed E-state index contributed by atoms with van der Waals surface area (Å²) in [5, 5.41) is 5.76. The molecule has 0 aromatic heterocycles. The van der Waals surface area contributed by atoms with Gasteiger partial charge in [0.1, 0.15) is 0 Å². The van der Waals surface area contributed by atoms with Gasteiger partial charge in [0.05, 0.1) is 0 Å². The van der Waals surface area contributed by atoms with Gasteiger partial charge in [-0.25, -0.2) is 0 Å². The van der Waals surface area contributed by atoms with Crippen molar-refractivity contribution in [3.63, 3.8) is 0 Å². The maximum Gasteiger partial charge on any atom is 0.251 e. The molecule has 0 radical (unpaired) electrons. The van der Waals surface area contributed by atoms with E-state index >= 15 is 0 Å². The van der Waals surface area contributed by atoms with E-state index < -0.39 is 0 Å². The Morgan fingerprint density at radius 3 is 2.72 bits per heavy atom. The average Bonchev–Trinajstić information content (AvgIpc) is 2.60. The number of hydrogen-bond acceptors (Lipinski definition) is 3. The lowest BCUT2D eigenvalue weighted by Gasteiger charge is -2.33. The number of likely N-dealkylation sites (tertiary alicyclic amines) is 1. The summed E-state index contributed by atoms with van der Waals surface area (Å²) in [6.07, 6.45) is 5.20.